The molecule has 0 aliphatic carbocycles. The molecule has 3 nitrogen and oxygen atoms in total. The van der Waals surface area contributed by atoms with Gasteiger partial charge < -0.3 is 13.7 Å². The zero-order valence-electron chi connectivity index (χ0n) is 32.0. The van der Waals surface area contributed by atoms with E-state index in [1.165, 1.54) is 27.1 Å². The smallest absolute Gasteiger partial charge is 0.143 e. The zero-order chi connectivity index (χ0) is 38.9. The molecule has 3 heteroatoms. The van der Waals surface area contributed by atoms with Gasteiger partial charge in [0.15, 0.2) is 0 Å². The van der Waals surface area contributed by atoms with Gasteiger partial charge in [-0.15, -0.1) is 0 Å². The maximum absolute atomic E-state index is 6.57. The van der Waals surface area contributed by atoms with Gasteiger partial charge in [0, 0.05) is 50.1 Å². The van der Waals surface area contributed by atoms with Gasteiger partial charge in [-0.25, -0.2) is 0 Å². The van der Waals surface area contributed by atoms with Gasteiger partial charge in [0.25, 0.3) is 0 Å². The monoisotopic (exact) mass is 753 g/mol. The van der Waals surface area contributed by atoms with E-state index in [4.69, 9.17) is 8.83 Å². The Balaban J connectivity index is 1.13. The first-order valence-electron chi connectivity index (χ1n) is 20.1. The van der Waals surface area contributed by atoms with E-state index in [9.17, 15) is 0 Å². The van der Waals surface area contributed by atoms with Crippen LogP contribution in [0.1, 0.15) is 0 Å². The molecule has 0 N–H and O–H groups in total. The van der Waals surface area contributed by atoms with Crippen LogP contribution >= 0.6 is 0 Å². The van der Waals surface area contributed by atoms with E-state index < -0.39 is 0 Å². The van der Waals surface area contributed by atoms with Gasteiger partial charge in [0.05, 0.1) is 5.69 Å². The van der Waals surface area contributed by atoms with Crippen LogP contribution in [0.25, 0.3) is 98.8 Å². The van der Waals surface area contributed by atoms with Crippen molar-refractivity contribution in [3.8, 4) is 33.4 Å². The Hall–Kier alpha value is -7.88. The molecule has 2 heterocycles. The molecule has 0 spiro atoms. The average Bonchev–Trinajstić information content (AvgIpc) is 3.87. The lowest BCUT2D eigenvalue weighted by Crippen LogP contribution is -2.11. The largest absolute Gasteiger partial charge is 0.456 e. The van der Waals surface area contributed by atoms with Gasteiger partial charge in [-0.1, -0.05) is 158 Å². The van der Waals surface area contributed by atoms with Crippen LogP contribution in [0.3, 0.4) is 0 Å². The van der Waals surface area contributed by atoms with Crippen LogP contribution in [-0.2, 0) is 0 Å². The molecule has 59 heavy (non-hydrogen) atoms. The quantitative estimate of drug-likeness (QED) is 0.158. The van der Waals surface area contributed by atoms with E-state index in [1.807, 2.05) is 24.3 Å². The summed E-state index contributed by atoms with van der Waals surface area (Å²) in [5, 5.41) is 9.37. The number of anilines is 3. The SMILES string of the molecule is c1ccc(-c2ccc(-c3cc4ccccc4c4ccccc34)cc2N(c2cccc(-c3cccc4c3oc3ccccc34)c2)c2ccc3c(c2)oc2ccccc23)cc1. The summed E-state index contributed by atoms with van der Waals surface area (Å²) in [6.07, 6.45) is 0. The van der Waals surface area contributed by atoms with Crippen molar-refractivity contribution in [3.63, 3.8) is 0 Å². The molecule has 0 radical (unpaired) electrons. The van der Waals surface area contributed by atoms with Crippen molar-refractivity contribution in [2.45, 2.75) is 0 Å². The second kappa shape index (κ2) is 13.4. The van der Waals surface area contributed by atoms with E-state index in [0.29, 0.717) is 0 Å². The first kappa shape index (κ1) is 33.3. The molecule has 0 saturated heterocycles. The van der Waals surface area contributed by atoms with Crippen LogP contribution < -0.4 is 4.90 Å². The highest BCUT2D eigenvalue weighted by Gasteiger charge is 2.22. The summed E-state index contributed by atoms with van der Waals surface area (Å²) in [4.78, 5) is 2.39. The summed E-state index contributed by atoms with van der Waals surface area (Å²) in [7, 11) is 0. The predicted molar refractivity (Wildman–Crippen MR) is 247 cm³/mol. The molecule has 0 aliphatic rings. The van der Waals surface area contributed by atoms with Crippen LogP contribution in [0, 0.1) is 0 Å². The maximum Gasteiger partial charge on any atom is 0.143 e. The van der Waals surface area contributed by atoms with Crippen molar-refractivity contribution in [3.05, 3.63) is 212 Å². The fraction of sp³-hybridized carbons (Fsp3) is 0. The van der Waals surface area contributed by atoms with Gasteiger partial charge in [-0.05, 0) is 92.3 Å². The Kier molecular flexibility index (Phi) is 7.54. The van der Waals surface area contributed by atoms with Crippen molar-refractivity contribution >= 4 is 82.5 Å². The van der Waals surface area contributed by atoms with Crippen LogP contribution in [0.15, 0.2) is 221 Å². The molecule has 12 rings (SSSR count). The molecule has 0 amide bonds. The minimum atomic E-state index is 0.842. The van der Waals surface area contributed by atoms with Gasteiger partial charge in [-0.2, -0.15) is 0 Å². The Labute approximate surface area is 340 Å². The number of benzene rings is 10. The van der Waals surface area contributed by atoms with Crippen molar-refractivity contribution in [1.29, 1.82) is 0 Å². The van der Waals surface area contributed by atoms with Crippen LogP contribution in [0.5, 0.6) is 0 Å². The van der Waals surface area contributed by atoms with E-state index in [-0.39, 0.29) is 0 Å². The molecule has 276 valence electrons. The second-order valence-corrected chi connectivity index (χ2v) is 15.2. The highest BCUT2D eigenvalue weighted by molar-refractivity contribution is 6.14. The van der Waals surface area contributed by atoms with E-state index in [0.717, 1.165) is 88.8 Å². The molecule has 0 saturated carbocycles. The highest BCUT2D eigenvalue weighted by Crippen LogP contribution is 2.47. The molecular weight excluding hydrogens is 719 g/mol. The Morgan fingerprint density at radius 1 is 0.288 bits per heavy atom. The lowest BCUT2D eigenvalue weighted by molar-refractivity contribution is 0.669. The number of hydrogen-bond donors (Lipinski definition) is 0. The lowest BCUT2D eigenvalue weighted by Gasteiger charge is -2.29. The maximum atomic E-state index is 6.57. The fourth-order valence-corrected chi connectivity index (χ4v) is 9.11. The zero-order valence-corrected chi connectivity index (χ0v) is 32.0. The fourth-order valence-electron chi connectivity index (χ4n) is 9.11. The normalized spacial score (nSPS) is 11.7. The number of fused-ring (bicyclic) bond motifs is 9. The van der Waals surface area contributed by atoms with Gasteiger partial charge in [0.1, 0.15) is 22.3 Å². The summed E-state index contributed by atoms with van der Waals surface area (Å²) < 4.78 is 13.1. The average molecular weight is 754 g/mol. The molecule has 10 aromatic carbocycles. The van der Waals surface area contributed by atoms with E-state index in [2.05, 4.69) is 193 Å². The number of hydrogen-bond acceptors (Lipinski definition) is 3. The van der Waals surface area contributed by atoms with Gasteiger partial charge >= 0.3 is 0 Å². The molecule has 0 unspecified atom stereocenters. The van der Waals surface area contributed by atoms with Gasteiger partial charge in [-0.3, -0.25) is 0 Å². The number of rotatable bonds is 6. The predicted octanol–water partition coefficient (Wildman–Crippen LogP) is 16.3. The number of para-hydroxylation sites is 3. The third-order valence-corrected chi connectivity index (χ3v) is 11.8. The molecule has 0 bridgehead atoms. The Morgan fingerprint density at radius 3 is 1.75 bits per heavy atom. The van der Waals surface area contributed by atoms with Crippen LogP contribution in [0.4, 0.5) is 17.1 Å². The highest BCUT2D eigenvalue weighted by atomic mass is 16.3. The van der Waals surface area contributed by atoms with Crippen molar-refractivity contribution in [1.82, 2.24) is 0 Å². The topological polar surface area (TPSA) is 29.5 Å². The minimum absolute atomic E-state index is 0.842. The summed E-state index contributed by atoms with van der Waals surface area (Å²) in [5.41, 5.74) is 13.3. The molecule has 0 aliphatic heterocycles. The summed E-state index contributed by atoms with van der Waals surface area (Å²) in [5.74, 6) is 0. The third-order valence-electron chi connectivity index (χ3n) is 11.8. The number of furan rings is 2. The van der Waals surface area contributed by atoms with Crippen molar-refractivity contribution < 1.29 is 8.83 Å². The Bertz CT molecular complexity index is 3580. The number of nitrogens with zero attached hydrogens (tertiary/aromatic N) is 1. The molecular formula is C56H35NO2. The van der Waals surface area contributed by atoms with E-state index in [1.54, 1.807) is 0 Å². The van der Waals surface area contributed by atoms with Crippen molar-refractivity contribution in [2.75, 3.05) is 4.90 Å². The first-order chi connectivity index (χ1) is 29.2. The van der Waals surface area contributed by atoms with E-state index >= 15 is 0 Å². The third kappa shape index (κ3) is 5.44. The Morgan fingerprint density at radius 2 is 0.898 bits per heavy atom. The van der Waals surface area contributed by atoms with Crippen LogP contribution in [0.2, 0.25) is 0 Å². The molecule has 0 fully saturated rings. The molecule has 12 aromatic rings. The van der Waals surface area contributed by atoms with Gasteiger partial charge in [0.2, 0.25) is 0 Å². The lowest BCUT2D eigenvalue weighted by atomic mass is 9.91. The first-order valence-corrected chi connectivity index (χ1v) is 20.1. The summed E-state index contributed by atoms with van der Waals surface area (Å²) in [6, 6.07) is 75.9. The van der Waals surface area contributed by atoms with Crippen molar-refractivity contribution in [2.24, 2.45) is 0 Å². The molecule has 2 aromatic heterocycles. The minimum Gasteiger partial charge on any atom is -0.456 e. The summed E-state index contributed by atoms with van der Waals surface area (Å²) >= 11 is 0. The molecule has 0 atom stereocenters. The summed E-state index contributed by atoms with van der Waals surface area (Å²) in [6.45, 7) is 0. The van der Waals surface area contributed by atoms with Crippen LogP contribution in [-0.4, -0.2) is 0 Å². The standard InChI is InChI=1S/C56H35NO2/c1-2-14-36(15-3-1)43-30-28-39(51-33-38-16-4-5-19-42(38)45-20-6-7-21-46(45)51)34-52(43)57(41-29-31-49-47-22-8-10-26-53(47)58-55(49)35-41)40-18-12-17-37(32-40)44-24-13-25-50-48-23-9-11-27-54(48)59-56(44)50/h1-35H. The second-order valence-electron chi connectivity index (χ2n) is 15.2.